The van der Waals surface area contributed by atoms with E-state index in [-0.39, 0.29) is 5.82 Å². The molecule has 1 aromatic heterocycles. The van der Waals surface area contributed by atoms with Crippen LogP contribution >= 0.6 is 11.6 Å². The first kappa shape index (κ1) is 13.8. The van der Waals surface area contributed by atoms with E-state index in [9.17, 15) is 4.39 Å². The van der Waals surface area contributed by atoms with Gasteiger partial charge in [-0.15, -0.1) is 0 Å². The number of rotatable bonds is 3. The number of aryl methyl sites for hydroxylation is 1. The fourth-order valence-corrected chi connectivity index (χ4v) is 2.67. The van der Waals surface area contributed by atoms with E-state index in [1.807, 2.05) is 37.3 Å². The predicted molar refractivity (Wildman–Crippen MR) is 79.8 cm³/mol. The third kappa shape index (κ3) is 2.45. The lowest BCUT2D eigenvalue weighted by molar-refractivity contribution is 0.367. The second kappa shape index (κ2) is 5.34. The van der Waals surface area contributed by atoms with E-state index in [4.69, 9.17) is 16.1 Å². The largest absolute Gasteiger partial charge is 0.358 e. The van der Waals surface area contributed by atoms with Crippen LogP contribution in [0, 0.1) is 12.7 Å². The molecule has 106 valence electrons. The van der Waals surface area contributed by atoms with E-state index >= 15 is 0 Å². The van der Waals surface area contributed by atoms with E-state index in [2.05, 4.69) is 5.16 Å². The maximum Gasteiger partial charge on any atom is 0.166 e. The summed E-state index contributed by atoms with van der Waals surface area (Å²) in [6, 6.07) is 17.4. The van der Waals surface area contributed by atoms with Crippen LogP contribution in [-0.2, 0) is 4.87 Å². The Labute approximate surface area is 127 Å². The minimum atomic E-state index is -1.03. The topological polar surface area (TPSA) is 26.0 Å². The zero-order valence-electron chi connectivity index (χ0n) is 11.4. The second-order valence-electron chi connectivity index (χ2n) is 4.86. The number of hydrogen-bond acceptors (Lipinski definition) is 2. The third-order valence-electron chi connectivity index (χ3n) is 3.38. The van der Waals surface area contributed by atoms with Gasteiger partial charge in [-0.1, -0.05) is 59.2 Å². The highest BCUT2D eigenvalue weighted by atomic mass is 35.5. The van der Waals surface area contributed by atoms with Crippen LogP contribution in [0.25, 0.3) is 0 Å². The smallest absolute Gasteiger partial charge is 0.166 e. The van der Waals surface area contributed by atoms with Gasteiger partial charge in [0.25, 0.3) is 0 Å². The summed E-state index contributed by atoms with van der Waals surface area (Å²) in [4.78, 5) is -1.03. The van der Waals surface area contributed by atoms with Crippen molar-refractivity contribution in [3.63, 3.8) is 0 Å². The van der Waals surface area contributed by atoms with Gasteiger partial charge >= 0.3 is 0 Å². The molecule has 21 heavy (non-hydrogen) atoms. The van der Waals surface area contributed by atoms with Gasteiger partial charge in [-0.05, 0) is 30.2 Å². The van der Waals surface area contributed by atoms with Crippen molar-refractivity contribution in [2.24, 2.45) is 0 Å². The Morgan fingerprint density at radius 1 is 1.00 bits per heavy atom. The van der Waals surface area contributed by atoms with E-state index < -0.39 is 4.87 Å². The molecule has 0 fully saturated rings. The molecule has 0 bridgehead atoms. The highest BCUT2D eigenvalue weighted by Crippen LogP contribution is 2.43. The van der Waals surface area contributed by atoms with Gasteiger partial charge < -0.3 is 4.52 Å². The normalized spacial score (nSPS) is 13.9. The van der Waals surface area contributed by atoms with Gasteiger partial charge in [0, 0.05) is 6.07 Å². The van der Waals surface area contributed by atoms with Crippen LogP contribution in [-0.4, -0.2) is 5.16 Å². The maximum absolute atomic E-state index is 13.2. The summed E-state index contributed by atoms with van der Waals surface area (Å²) in [6.45, 7) is 1.83. The van der Waals surface area contributed by atoms with Gasteiger partial charge in [-0.25, -0.2) is 4.39 Å². The second-order valence-corrected chi connectivity index (χ2v) is 5.43. The Kier molecular flexibility index (Phi) is 3.52. The van der Waals surface area contributed by atoms with Crippen molar-refractivity contribution in [3.05, 3.63) is 89.1 Å². The van der Waals surface area contributed by atoms with Crippen LogP contribution in [0.5, 0.6) is 0 Å². The minimum absolute atomic E-state index is 0.306. The third-order valence-corrected chi connectivity index (χ3v) is 4.00. The minimum Gasteiger partial charge on any atom is -0.358 e. The van der Waals surface area contributed by atoms with Crippen molar-refractivity contribution < 1.29 is 8.91 Å². The van der Waals surface area contributed by atoms with Gasteiger partial charge in [-0.3, -0.25) is 0 Å². The molecule has 0 aliphatic carbocycles. The fraction of sp³-hybridized carbons (Fsp3) is 0.118. The first-order valence-electron chi connectivity index (χ1n) is 6.55. The first-order valence-corrected chi connectivity index (χ1v) is 6.93. The number of aromatic nitrogens is 1. The highest BCUT2D eigenvalue weighted by Gasteiger charge is 2.38. The zero-order valence-corrected chi connectivity index (χ0v) is 12.1. The summed E-state index contributed by atoms with van der Waals surface area (Å²) in [5.41, 5.74) is 2.32. The molecule has 0 N–H and O–H groups in total. The number of benzene rings is 2. The van der Waals surface area contributed by atoms with Crippen molar-refractivity contribution in [2.45, 2.75) is 11.8 Å². The van der Waals surface area contributed by atoms with Crippen molar-refractivity contribution in [2.75, 3.05) is 0 Å². The molecule has 0 amide bonds. The first-order chi connectivity index (χ1) is 10.1. The molecule has 1 heterocycles. The van der Waals surface area contributed by atoms with Crippen molar-refractivity contribution in [3.8, 4) is 0 Å². The summed E-state index contributed by atoms with van der Waals surface area (Å²) < 4.78 is 18.6. The Morgan fingerprint density at radius 2 is 1.62 bits per heavy atom. The maximum atomic E-state index is 13.2. The van der Waals surface area contributed by atoms with Gasteiger partial charge in [0.15, 0.2) is 10.6 Å². The molecule has 2 aromatic carbocycles. The molecular weight excluding hydrogens is 289 g/mol. The number of alkyl halides is 1. The average Bonchev–Trinajstić information content (AvgIpc) is 2.95. The van der Waals surface area contributed by atoms with Gasteiger partial charge in [-0.2, -0.15) is 0 Å². The van der Waals surface area contributed by atoms with Gasteiger partial charge in [0.2, 0.25) is 0 Å². The van der Waals surface area contributed by atoms with Crippen LogP contribution in [0.2, 0.25) is 0 Å². The van der Waals surface area contributed by atoms with E-state index in [0.29, 0.717) is 5.76 Å². The molecule has 3 aromatic rings. The quantitative estimate of drug-likeness (QED) is 0.658. The van der Waals surface area contributed by atoms with Crippen molar-refractivity contribution in [1.82, 2.24) is 5.16 Å². The van der Waals surface area contributed by atoms with Crippen LogP contribution in [0.15, 0.2) is 65.2 Å². The van der Waals surface area contributed by atoms with E-state index in [0.717, 1.165) is 16.8 Å². The summed E-state index contributed by atoms with van der Waals surface area (Å²) in [5.74, 6) is 0.207. The summed E-state index contributed by atoms with van der Waals surface area (Å²) in [6.07, 6.45) is 0. The number of halogens is 2. The Bertz CT molecular complexity index is 739. The summed E-state index contributed by atoms with van der Waals surface area (Å²) >= 11 is 6.92. The number of hydrogen-bond donors (Lipinski definition) is 0. The lowest BCUT2D eigenvalue weighted by atomic mass is 9.88. The molecule has 1 unspecified atom stereocenters. The van der Waals surface area contributed by atoms with Crippen molar-refractivity contribution in [1.29, 1.82) is 0 Å². The Hall–Kier alpha value is -2.13. The molecule has 0 saturated carbocycles. The van der Waals surface area contributed by atoms with E-state index in [1.54, 1.807) is 18.2 Å². The molecule has 0 radical (unpaired) electrons. The van der Waals surface area contributed by atoms with Crippen LogP contribution in [0.4, 0.5) is 4.39 Å². The molecule has 3 rings (SSSR count). The Balaban J connectivity index is 2.22. The van der Waals surface area contributed by atoms with Crippen molar-refractivity contribution >= 4 is 11.6 Å². The highest BCUT2D eigenvalue weighted by molar-refractivity contribution is 6.27. The average molecular weight is 302 g/mol. The number of nitrogens with zero attached hydrogens (tertiary/aromatic N) is 1. The summed E-state index contributed by atoms with van der Waals surface area (Å²) in [7, 11) is 0. The molecule has 0 aliphatic heterocycles. The predicted octanol–water partition coefficient (Wildman–Crippen LogP) is 4.65. The van der Waals surface area contributed by atoms with Crippen LogP contribution < -0.4 is 0 Å². The SMILES string of the molecule is Cc1cc(C(Cl)(c2ccccc2)c2ccc(F)cc2)on1. The lowest BCUT2D eigenvalue weighted by Crippen LogP contribution is -2.21. The molecule has 4 heteroatoms. The van der Waals surface area contributed by atoms with Crippen LogP contribution in [0.3, 0.4) is 0 Å². The molecule has 0 spiro atoms. The molecule has 0 aliphatic rings. The summed E-state index contributed by atoms with van der Waals surface area (Å²) in [5, 5.41) is 3.92. The Morgan fingerprint density at radius 3 is 2.19 bits per heavy atom. The zero-order chi connectivity index (χ0) is 14.9. The molecular formula is C17H13ClFNO. The fourth-order valence-electron chi connectivity index (χ4n) is 2.32. The van der Waals surface area contributed by atoms with Gasteiger partial charge in [0.1, 0.15) is 5.82 Å². The van der Waals surface area contributed by atoms with Gasteiger partial charge in [0.05, 0.1) is 5.69 Å². The van der Waals surface area contributed by atoms with Crippen LogP contribution in [0.1, 0.15) is 22.6 Å². The molecule has 1 atom stereocenters. The van der Waals surface area contributed by atoms with E-state index in [1.165, 1.54) is 12.1 Å². The molecule has 0 saturated heterocycles. The lowest BCUT2D eigenvalue weighted by Gasteiger charge is -2.25. The standard InChI is InChI=1S/C17H13ClFNO/c1-12-11-16(21-20-12)17(18,13-5-3-2-4-6-13)14-7-9-15(19)10-8-14/h2-11H,1H3. The molecule has 2 nitrogen and oxygen atoms in total. The monoisotopic (exact) mass is 301 g/mol.